The number of rotatable bonds is 2. The minimum atomic E-state index is -4.84. The van der Waals surface area contributed by atoms with Crippen LogP contribution in [0.2, 0.25) is 0 Å². The molecule has 8 heteroatoms. The van der Waals surface area contributed by atoms with Crippen LogP contribution < -0.4 is 11.5 Å². The van der Waals surface area contributed by atoms with Gasteiger partial charge in [0.1, 0.15) is 0 Å². The number of benzene rings is 4. The fraction of sp³-hybridized carbons (Fsp3) is 0.0769. The molecule has 4 N–H and O–H groups in total. The minimum absolute atomic E-state index is 0.194. The van der Waals surface area contributed by atoms with Crippen molar-refractivity contribution in [3.8, 4) is 22.3 Å². The fourth-order valence-corrected chi connectivity index (χ4v) is 3.32. The van der Waals surface area contributed by atoms with Gasteiger partial charge in [0, 0.05) is 11.4 Å². The Bertz CT molecular complexity index is 1130. The summed E-state index contributed by atoms with van der Waals surface area (Å²) in [6.45, 7) is 0. The maximum Gasteiger partial charge on any atom is 0.417 e. The van der Waals surface area contributed by atoms with Crippen molar-refractivity contribution in [3.63, 3.8) is 0 Å². The molecule has 4 aromatic rings. The molecule has 0 radical (unpaired) electrons. The molecule has 0 aliphatic heterocycles. The number of hydrogen-bond acceptors (Lipinski definition) is 2. The number of hydrogen-bond donors (Lipinski definition) is 2. The summed E-state index contributed by atoms with van der Waals surface area (Å²) in [5.74, 6) is 0. The van der Waals surface area contributed by atoms with Crippen LogP contribution in [-0.2, 0) is 12.4 Å². The topological polar surface area (TPSA) is 52.0 Å². The van der Waals surface area contributed by atoms with E-state index in [1.165, 1.54) is 11.1 Å². The maximum absolute atomic E-state index is 13.1. The molecule has 0 aliphatic carbocycles. The van der Waals surface area contributed by atoms with Gasteiger partial charge >= 0.3 is 12.4 Å². The summed E-state index contributed by atoms with van der Waals surface area (Å²) >= 11 is 0. The number of nitrogen functional groups attached to an aromatic ring is 2. The van der Waals surface area contributed by atoms with Crippen molar-refractivity contribution in [3.05, 3.63) is 108 Å². The van der Waals surface area contributed by atoms with Crippen molar-refractivity contribution in [2.45, 2.75) is 12.4 Å². The summed E-state index contributed by atoms with van der Waals surface area (Å²) in [6, 6.07) is 26.0. The van der Waals surface area contributed by atoms with Gasteiger partial charge in [-0.2, -0.15) is 26.3 Å². The van der Waals surface area contributed by atoms with Gasteiger partial charge in [-0.1, -0.05) is 72.8 Å². The van der Waals surface area contributed by atoms with Gasteiger partial charge < -0.3 is 11.5 Å². The average molecular weight is 474 g/mol. The maximum atomic E-state index is 13.1. The summed E-state index contributed by atoms with van der Waals surface area (Å²) in [5.41, 5.74) is 9.11. The van der Waals surface area contributed by atoms with E-state index in [9.17, 15) is 26.3 Å². The van der Waals surface area contributed by atoms with Crippen molar-refractivity contribution in [1.29, 1.82) is 0 Å². The van der Waals surface area contributed by atoms with Crippen molar-refractivity contribution in [2.75, 3.05) is 11.5 Å². The Morgan fingerprint density at radius 2 is 0.765 bits per heavy atom. The van der Waals surface area contributed by atoms with Crippen LogP contribution in [0, 0.1) is 0 Å². The molecule has 0 fully saturated rings. The molecule has 0 aliphatic rings. The highest BCUT2D eigenvalue weighted by Gasteiger charge is 2.38. The first-order valence-electron chi connectivity index (χ1n) is 10.0. The largest absolute Gasteiger partial charge is 0.417 e. The van der Waals surface area contributed by atoms with E-state index in [4.69, 9.17) is 11.5 Å². The number of nitrogens with two attached hydrogens (primary N) is 2. The summed E-state index contributed by atoms with van der Waals surface area (Å²) in [6.07, 6.45) is -9.68. The smallest absolute Gasteiger partial charge is 0.399 e. The molecule has 0 heterocycles. The van der Waals surface area contributed by atoms with E-state index in [1.54, 1.807) is 0 Å². The lowest BCUT2D eigenvalue weighted by Gasteiger charge is -2.18. The van der Waals surface area contributed by atoms with E-state index >= 15 is 0 Å². The SMILES string of the molecule is Nc1ccc(-c2ccc(N)cc2C(F)(F)F)c(C(F)(F)F)c1.c1ccc(-c2ccccc2)cc1. The Labute approximate surface area is 192 Å². The Kier molecular flexibility index (Phi) is 7.20. The number of halogens is 6. The van der Waals surface area contributed by atoms with Crippen LogP contribution in [0.15, 0.2) is 97.1 Å². The van der Waals surface area contributed by atoms with Crippen molar-refractivity contribution in [1.82, 2.24) is 0 Å². The van der Waals surface area contributed by atoms with Crippen LogP contribution in [0.3, 0.4) is 0 Å². The molecule has 0 bridgehead atoms. The molecular formula is C26H20F6N2. The summed E-state index contributed by atoms with van der Waals surface area (Å²) < 4.78 is 78.4. The van der Waals surface area contributed by atoms with Gasteiger partial charge in [-0.3, -0.25) is 0 Å². The molecule has 2 nitrogen and oxygen atoms in total. The van der Waals surface area contributed by atoms with Crippen molar-refractivity contribution >= 4 is 11.4 Å². The molecule has 0 unspecified atom stereocenters. The van der Waals surface area contributed by atoms with Crippen LogP contribution in [0.4, 0.5) is 37.7 Å². The van der Waals surface area contributed by atoms with E-state index in [0.717, 1.165) is 24.3 Å². The van der Waals surface area contributed by atoms with E-state index < -0.39 is 34.6 Å². The zero-order valence-corrected chi connectivity index (χ0v) is 17.7. The molecule has 0 saturated heterocycles. The molecule has 0 saturated carbocycles. The Balaban J connectivity index is 0.000000226. The molecular weight excluding hydrogens is 454 g/mol. The van der Waals surface area contributed by atoms with Crippen molar-refractivity contribution < 1.29 is 26.3 Å². The van der Waals surface area contributed by atoms with E-state index in [2.05, 4.69) is 48.5 Å². The summed E-state index contributed by atoms with van der Waals surface area (Å²) in [4.78, 5) is 0. The van der Waals surface area contributed by atoms with Gasteiger partial charge in [-0.15, -0.1) is 0 Å². The lowest BCUT2D eigenvalue weighted by Crippen LogP contribution is -2.12. The zero-order valence-electron chi connectivity index (χ0n) is 17.7. The van der Waals surface area contributed by atoms with Crippen LogP contribution in [-0.4, -0.2) is 0 Å². The summed E-state index contributed by atoms with van der Waals surface area (Å²) in [5, 5.41) is 0. The van der Waals surface area contributed by atoms with Gasteiger partial charge in [-0.05, 0) is 46.5 Å². The Hall–Kier alpha value is -3.94. The molecule has 0 aromatic heterocycles. The Morgan fingerprint density at radius 1 is 0.441 bits per heavy atom. The second-order valence-corrected chi connectivity index (χ2v) is 7.34. The van der Waals surface area contributed by atoms with E-state index in [0.29, 0.717) is 12.1 Å². The molecule has 4 aromatic carbocycles. The molecule has 0 amide bonds. The Morgan fingerprint density at radius 3 is 1.06 bits per heavy atom. The van der Waals surface area contributed by atoms with Gasteiger partial charge in [0.15, 0.2) is 0 Å². The first-order valence-corrected chi connectivity index (χ1v) is 10.0. The quantitative estimate of drug-likeness (QED) is 0.229. The highest BCUT2D eigenvalue weighted by Crippen LogP contribution is 2.43. The van der Waals surface area contributed by atoms with Crippen LogP contribution in [0.1, 0.15) is 11.1 Å². The van der Waals surface area contributed by atoms with Crippen LogP contribution in [0.5, 0.6) is 0 Å². The monoisotopic (exact) mass is 474 g/mol. The second kappa shape index (κ2) is 9.91. The highest BCUT2D eigenvalue weighted by molar-refractivity contribution is 5.75. The normalized spacial score (nSPS) is 11.5. The molecule has 34 heavy (non-hydrogen) atoms. The highest BCUT2D eigenvalue weighted by atomic mass is 19.4. The summed E-state index contributed by atoms with van der Waals surface area (Å²) in [7, 11) is 0. The number of anilines is 2. The zero-order chi connectivity index (χ0) is 24.9. The number of alkyl halides is 6. The van der Waals surface area contributed by atoms with Crippen LogP contribution in [0.25, 0.3) is 22.3 Å². The van der Waals surface area contributed by atoms with Gasteiger partial charge in [0.05, 0.1) is 11.1 Å². The minimum Gasteiger partial charge on any atom is -0.399 e. The van der Waals surface area contributed by atoms with Gasteiger partial charge in [-0.25, -0.2) is 0 Å². The van der Waals surface area contributed by atoms with Gasteiger partial charge in [0.25, 0.3) is 0 Å². The predicted molar refractivity (Wildman–Crippen MR) is 123 cm³/mol. The standard InChI is InChI=1S/C14H10F6N2.C12H10/c15-13(16,17)11-5-7(21)1-3-9(11)10-4-2-8(22)6-12(10)14(18,19)20;1-3-7-11(8-4-1)12-9-5-2-6-10-12/h1-6H,21-22H2;1-10H. The fourth-order valence-electron chi connectivity index (χ4n) is 3.32. The second-order valence-electron chi connectivity index (χ2n) is 7.34. The lowest BCUT2D eigenvalue weighted by molar-refractivity contribution is -0.139. The third-order valence-electron chi connectivity index (χ3n) is 4.87. The van der Waals surface area contributed by atoms with Crippen molar-refractivity contribution in [2.24, 2.45) is 0 Å². The third-order valence-corrected chi connectivity index (χ3v) is 4.87. The third kappa shape index (κ3) is 6.10. The van der Waals surface area contributed by atoms with Crippen LogP contribution >= 0.6 is 0 Å². The predicted octanol–water partition coefficient (Wildman–Crippen LogP) is 7.91. The average Bonchev–Trinajstić information content (AvgIpc) is 2.80. The van der Waals surface area contributed by atoms with E-state index in [1.807, 2.05) is 12.1 Å². The first kappa shape index (κ1) is 24.7. The first-order chi connectivity index (χ1) is 16.0. The molecule has 4 rings (SSSR count). The van der Waals surface area contributed by atoms with Gasteiger partial charge in [0.2, 0.25) is 0 Å². The molecule has 0 spiro atoms. The van der Waals surface area contributed by atoms with E-state index in [-0.39, 0.29) is 11.4 Å². The molecule has 176 valence electrons. The lowest BCUT2D eigenvalue weighted by atomic mass is 9.94. The molecule has 0 atom stereocenters.